The number of nitrogens with one attached hydrogen (secondary N) is 1. The number of halogens is 2. The summed E-state index contributed by atoms with van der Waals surface area (Å²) in [5.74, 6) is 0.354. The summed E-state index contributed by atoms with van der Waals surface area (Å²) >= 11 is 2.20. The summed E-state index contributed by atoms with van der Waals surface area (Å²) in [5, 5.41) is 7.91. The van der Waals surface area contributed by atoms with Crippen LogP contribution in [0.5, 0.6) is 0 Å². The smallest absolute Gasteiger partial charge is 0.270 e. The van der Waals surface area contributed by atoms with E-state index in [0.717, 1.165) is 32.7 Å². The maximum atomic E-state index is 13.8. The van der Waals surface area contributed by atoms with Gasteiger partial charge in [0.2, 0.25) is 0 Å². The predicted molar refractivity (Wildman–Crippen MR) is 132 cm³/mol. The molecule has 1 aliphatic heterocycles. The average molecular weight is 556 g/mol. The molecule has 4 aromatic rings. The number of carbonyl (C=O) groups is 1. The molecule has 0 radical (unpaired) electrons. The van der Waals surface area contributed by atoms with E-state index in [1.807, 2.05) is 31.2 Å². The molecular formula is C24H22FIN6O. The fourth-order valence-electron chi connectivity index (χ4n) is 4.34. The Bertz CT molecular complexity index is 1330. The molecular weight excluding hydrogens is 534 g/mol. The zero-order chi connectivity index (χ0) is 22.9. The molecule has 0 bridgehead atoms. The van der Waals surface area contributed by atoms with Gasteiger partial charge in [-0.2, -0.15) is 0 Å². The highest BCUT2D eigenvalue weighted by atomic mass is 127. The number of hydrogen-bond donors (Lipinski definition) is 1. The molecule has 1 amide bonds. The van der Waals surface area contributed by atoms with Crippen molar-refractivity contribution in [1.29, 1.82) is 0 Å². The van der Waals surface area contributed by atoms with E-state index in [9.17, 15) is 9.18 Å². The Hall–Kier alpha value is -3.08. The first-order valence-electron chi connectivity index (χ1n) is 10.7. The topological polar surface area (TPSA) is 75.4 Å². The summed E-state index contributed by atoms with van der Waals surface area (Å²) in [6, 6.07) is 14.2. The van der Waals surface area contributed by atoms with E-state index in [2.05, 4.69) is 42.8 Å². The van der Waals surface area contributed by atoms with Gasteiger partial charge in [0, 0.05) is 24.8 Å². The SMILES string of the molecule is Cc1ccnc(C(=O)N[C@H]2CC(Cc3cccc(F)c3)N(c3ccc4ncc(I)n4n3)C2)c1. The molecule has 7 nitrogen and oxygen atoms in total. The van der Waals surface area contributed by atoms with Gasteiger partial charge in [-0.3, -0.25) is 9.78 Å². The minimum absolute atomic E-state index is 0.0497. The standard InChI is InChI=1S/C24H22FIN6O/c1-15-7-8-27-20(9-15)24(33)29-18-12-19(11-16-3-2-4-17(25)10-16)31(14-18)23-6-5-22-28-13-21(26)32(22)30-23/h2-10,13,18-19H,11-12,14H2,1H3,(H,29,33)/t18-,19?/m0/s1. The molecule has 4 heterocycles. The van der Waals surface area contributed by atoms with Crippen LogP contribution in [0.1, 0.15) is 28.0 Å². The van der Waals surface area contributed by atoms with Crippen molar-refractivity contribution < 1.29 is 9.18 Å². The van der Waals surface area contributed by atoms with E-state index in [0.29, 0.717) is 18.7 Å². The van der Waals surface area contributed by atoms with Gasteiger partial charge in [-0.25, -0.2) is 13.9 Å². The highest BCUT2D eigenvalue weighted by Crippen LogP contribution is 2.28. The van der Waals surface area contributed by atoms with E-state index in [-0.39, 0.29) is 23.8 Å². The number of imidazole rings is 1. The van der Waals surface area contributed by atoms with E-state index in [1.54, 1.807) is 35.1 Å². The molecule has 9 heteroatoms. The third-order valence-corrected chi connectivity index (χ3v) is 6.59. The van der Waals surface area contributed by atoms with Gasteiger partial charge < -0.3 is 10.2 Å². The molecule has 168 valence electrons. The number of pyridine rings is 1. The van der Waals surface area contributed by atoms with Crippen molar-refractivity contribution in [1.82, 2.24) is 24.9 Å². The van der Waals surface area contributed by atoms with Gasteiger partial charge >= 0.3 is 0 Å². The van der Waals surface area contributed by atoms with Gasteiger partial charge in [-0.05, 0) is 89.9 Å². The number of nitrogens with zero attached hydrogens (tertiary/aromatic N) is 5. The third kappa shape index (κ3) is 4.68. The fraction of sp³-hybridized carbons (Fsp3) is 0.250. The molecule has 1 unspecified atom stereocenters. The highest BCUT2D eigenvalue weighted by Gasteiger charge is 2.34. The summed E-state index contributed by atoms with van der Waals surface area (Å²) in [6.07, 6.45) is 4.78. The van der Waals surface area contributed by atoms with Crippen LogP contribution < -0.4 is 10.2 Å². The molecule has 1 aromatic carbocycles. The number of aryl methyl sites for hydroxylation is 1. The van der Waals surface area contributed by atoms with Crippen molar-refractivity contribution in [2.45, 2.75) is 31.8 Å². The Morgan fingerprint density at radius 1 is 1.21 bits per heavy atom. The molecule has 2 atom stereocenters. The van der Waals surface area contributed by atoms with Crippen molar-refractivity contribution in [3.63, 3.8) is 0 Å². The lowest BCUT2D eigenvalue weighted by atomic mass is 10.0. The molecule has 3 aromatic heterocycles. The zero-order valence-electron chi connectivity index (χ0n) is 17.9. The number of fused-ring (bicyclic) bond motifs is 1. The fourth-order valence-corrected chi connectivity index (χ4v) is 4.83. The van der Waals surface area contributed by atoms with Crippen molar-refractivity contribution in [3.8, 4) is 0 Å². The zero-order valence-corrected chi connectivity index (χ0v) is 20.1. The van der Waals surface area contributed by atoms with Crippen molar-refractivity contribution in [3.05, 3.63) is 87.3 Å². The van der Waals surface area contributed by atoms with Gasteiger partial charge in [0.25, 0.3) is 5.91 Å². The Labute approximate surface area is 204 Å². The maximum Gasteiger partial charge on any atom is 0.270 e. The molecule has 1 fully saturated rings. The summed E-state index contributed by atoms with van der Waals surface area (Å²) in [4.78, 5) is 23.6. The summed E-state index contributed by atoms with van der Waals surface area (Å²) in [6.45, 7) is 2.53. The van der Waals surface area contributed by atoms with Gasteiger partial charge in [0.15, 0.2) is 5.65 Å². The number of aromatic nitrogens is 4. The highest BCUT2D eigenvalue weighted by molar-refractivity contribution is 14.1. The van der Waals surface area contributed by atoms with Crippen LogP contribution in [-0.4, -0.2) is 44.1 Å². The van der Waals surface area contributed by atoms with Crippen LogP contribution >= 0.6 is 22.6 Å². The first kappa shape index (κ1) is 21.7. The number of amides is 1. The van der Waals surface area contributed by atoms with Gasteiger partial charge in [0.1, 0.15) is 21.0 Å². The largest absolute Gasteiger partial charge is 0.350 e. The second-order valence-electron chi connectivity index (χ2n) is 8.31. The third-order valence-electron chi connectivity index (χ3n) is 5.86. The van der Waals surface area contributed by atoms with Crippen LogP contribution in [-0.2, 0) is 6.42 Å². The van der Waals surface area contributed by atoms with E-state index in [4.69, 9.17) is 5.10 Å². The normalized spacial score (nSPS) is 18.1. The lowest BCUT2D eigenvalue weighted by Crippen LogP contribution is -2.38. The number of benzene rings is 1. The van der Waals surface area contributed by atoms with Crippen molar-refractivity contribution in [2.24, 2.45) is 0 Å². The number of hydrogen-bond acceptors (Lipinski definition) is 5. The lowest BCUT2D eigenvalue weighted by molar-refractivity contribution is 0.0934. The van der Waals surface area contributed by atoms with Crippen LogP contribution in [0.25, 0.3) is 5.65 Å². The van der Waals surface area contributed by atoms with Crippen molar-refractivity contribution in [2.75, 3.05) is 11.4 Å². The minimum atomic E-state index is -0.250. The summed E-state index contributed by atoms with van der Waals surface area (Å²) in [5.41, 5.74) is 3.08. The Balaban J connectivity index is 1.42. The van der Waals surface area contributed by atoms with Crippen LogP contribution in [0.4, 0.5) is 10.2 Å². The van der Waals surface area contributed by atoms with Crippen LogP contribution in [0, 0.1) is 16.4 Å². The predicted octanol–water partition coefficient (Wildman–Crippen LogP) is 3.80. The van der Waals surface area contributed by atoms with Gasteiger partial charge in [-0.15, -0.1) is 5.10 Å². The first-order valence-corrected chi connectivity index (χ1v) is 11.8. The molecule has 1 saturated heterocycles. The number of rotatable bonds is 5. The second-order valence-corrected chi connectivity index (χ2v) is 9.41. The molecule has 1 N–H and O–H groups in total. The Morgan fingerprint density at radius 3 is 2.91 bits per heavy atom. The molecule has 0 spiro atoms. The maximum absolute atomic E-state index is 13.8. The summed E-state index contributed by atoms with van der Waals surface area (Å²) < 4.78 is 16.5. The van der Waals surface area contributed by atoms with E-state index >= 15 is 0 Å². The monoisotopic (exact) mass is 556 g/mol. The molecule has 5 rings (SSSR count). The first-order chi connectivity index (χ1) is 16.0. The number of anilines is 1. The van der Waals surface area contributed by atoms with Crippen LogP contribution in [0.15, 0.2) is 60.9 Å². The van der Waals surface area contributed by atoms with E-state index in [1.165, 1.54) is 6.07 Å². The Kier molecular flexibility index (Phi) is 5.96. The molecule has 33 heavy (non-hydrogen) atoms. The quantitative estimate of drug-likeness (QED) is 0.379. The minimum Gasteiger partial charge on any atom is -0.350 e. The Morgan fingerprint density at radius 2 is 2.09 bits per heavy atom. The van der Waals surface area contributed by atoms with Gasteiger partial charge in [-0.1, -0.05) is 12.1 Å². The molecule has 0 saturated carbocycles. The molecule has 1 aliphatic rings. The van der Waals surface area contributed by atoms with Crippen LogP contribution in [0.2, 0.25) is 0 Å². The second kappa shape index (κ2) is 9.05. The van der Waals surface area contributed by atoms with E-state index < -0.39 is 0 Å². The summed E-state index contributed by atoms with van der Waals surface area (Å²) in [7, 11) is 0. The average Bonchev–Trinajstić information content (AvgIpc) is 3.36. The van der Waals surface area contributed by atoms with Crippen molar-refractivity contribution >= 4 is 40.0 Å². The van der Waals surface area contributed by atoms with Gasteiger partial charge in [0.05, 0.1) is 6.20 Å². The van der Waals surface area contributed by atoms with Crippen LogP contribution in [0.3, 0.4) is 0 Å². The lowest BCUT2D eigenvalue weighted by Gasteiger charge is -2.25. The molecule has 0 aliphatic carbocycles. The number of carbonyl (C=O) groups excluding carboxylic acids is 1.